The molecule has 0 aliphatic rings. The average molecular weight is 414 g/mol. The van der Waals surface area contributed by atoms with Crippen molar-refractivity contribution in [3.63, 3.8) is 0 Å². The molecule has 30 heavy (non-hydrogen) atoms. The Morgan fingerprint density at radius 1 is 1.03 bits per heavy atom. The second-order valence-corrected chi connectivity index (χ2v) is 8.32. The van der Waals surface area contributed by atoms with Gasteiger partial charge in [-0.1, -0.05) is 30.3 Å². The predicted octanol–water partition coefficient (Wildman–Crippen LogP) is 5.64. The number of rotatable bonds is 2. The lowest BCUT2D eigenvalue weighted by molar-refractivity contribution is 0.477. The minimum atomic E-state index is -0.472. The number of phenols is 1. The van der Waals surface area contributed by atoms with Crippen molar-refractivity contribution in [3.05, 3.63) is 76.3 Å². The Bertz CT molecular complexity index is 1500. The summed E-state index contributed by atoms with van der Waals surface area (Å²) in [6.07, 6.45) is 0. The van der Waals surface area contributed by atoms with Crippen molar-refractivity contribution >= 4 is 38.2 Å². The zero-order valence-electron chi connectivity index (χ0n) is 16.4. The second-order valence-electron chi connectivity index (χ2n) is 7.32. The summed E-state index contributed by atoms with van der Waals surface area (Å²) in [6, 6.07) is 16.2. The van der Waals surface area contributed by atoms with E-state index in [1.165, 1.54) is 17.4 Å². The number of anilines is 1. The van der Waals surface area contributed by atoms with Gasteiger partial charge < -0.3 is 15.3 Å². The number of hydrogen-bond donors (Lipinski definition) is 2. The van der Waals surface area contributed by atoms with E-state index in [1.807, 2.05) is 50.2 Å². The number of fused-ring (bicyclic) bond motifs is 2. The fourth-order valence-electron chi connectivity index (χ4n) is 3.90. The van der Waals surface area contributed by atoms with E-state index < -0.39 is 5.63 Å². The minimum Gasteiger partial charge on any atom is -0.507 e. The van der Waals surface area contributed by atoms with E-state index in [2.05, 4.69) is 4.98 Å². The highest BCUT2D eigenvalue weighted by Crippen LogP contribution is 2.44. The van der Waals surface area contributed by atoms with Crippen molar-refractivity contribution in [2.24, 2.45) is 0 Å². The van der Waals surface area contributed by atoms with Gasteiger partial charge in [-0.25, -0.2) is 9.78 Å². The van der Waals surface area contributed by atoms with E-state index in [0.717, 1.165) is 31.9 Å². The third kappa shape index (κ3) is 2.84. The van der Waals surface area contributed by atoms with E-state index in [4.69, 9.17) is 10.2 Å². The number of thiophene rings is 1. The van der Waals surface area contributed by atoms with Crippen LogP contribution < -0.4 is 11.4 Å². The van der Waals surface area contributed by atoms with Gasteiger partial charge in [-0.05, 0) is 43.2 Å². The highest BCUT2D eigenvalue weighted by Gasteiger charge is 2.19. The summed E-state index contributed by atoms with van der Waals surface area (Å²) in [6.45, 7) is 3.94. The van der Waals surface area contributed by atoms with Gasteiger partial charge in [0, 0.05) is 33.7 Å². The monoisotopic (exact) mass is 414 g/mol. The molecule has 5 aromatic rings. The maximum absolute atomic E-state index is 12.4. The highest BCUT2D eigenvalue weighted by molar-refractivity contribution is 7.22. The minimum absolute atomic E-state index is 0.105. The van der Waals surface area contributed by atoms with Crippen LogP contribution in [0, 0.1) is 13.8 Å². The van der Waals surface area contributed by atoms with Crippen LogP contribution in [0.15, 0.2) is 63.8 Å². The molecule has 0 radical (unpaired) electrons. The number of aromatic nitrogens is 1. The number of nitrogens with two attached hydrogens (primary N) is 1. The number of nitrogens with zero attached hydrogens (tertiary/aromatic N) is 1. The molecular formula is C24H18N2O3S. The van der Waals surface area contributed by atoms with Crippen molar-refractivity contribution < 1.29 is 9.52 Å². The summed E-state index contributed by atoms with van der Waals surface area (Å²) in [5, 5.41) is 12.3. The Labute approximate surface area is 176 Å². The van der Waals surface area contributed by atoms with Crippen molar-refractivity contribution in [1.82, 2.24) is 4.98 Å². The summed E-state index contributed by atoms with van der Waals surface area (Å²) in [5.74, 6) is 0.105. The number of hydrogen-bond acceptors (Lipinski definition) is 6. The first-order chi connectivity index (χ1) is 14.4. The van der Waals surface area contributed by atoms with Crippen LogP contribution in [0.1, 0.15) is 11.3 Å². The number of aryl methyl sites for hydroxylation is 2. The molecule has 0 aliphatic heterocycles. The number of benzene rings is 2. The molecular weight excluding hydrogens is 396 g/mol. The fourth-order valence-corrected chi connectivity index (χ4v) is 5.15. The Balaban J connectivity index is 1.82. The van der Waals surface area contributed by atoms with Crippen LogP contribution in [0.4, 0.5) is 5.69 Å². The number of nitrogen functional groups attached to an aromatic ring is 1. The molecule has 5 rings (SSSR count). The van der Waals surface area contributed by atoms with Crippen molar-refractivity contribution in [2.45, 2.75) is 13.8 Å². The van der Waals surface area contributed by atoms with E-state index in [-0.39, 0.29) is 5.75 Å². The van der Waals surface area contributed by atoms with Crippen LogP contribution in [-0.2, 0) is 0 Å². The van der Waals surface area contributed by atoms with Gasteiger partial charge in [-0.15, -0.1) is 11.3 Å². The molecule has 3 heterocycles. The van der Waals surface area contributed by atoms with Crippen LogP contribution >= 0.6 is 11.3 Å². The maximum Gasteiger partial charge on any atom is 0.336 e. The molecule has 3 N–H and O–H groups in total. The second kappa shape index (κ2) is 6.71. The lowest BCUT2D eigenvalue weighted by Crippen LogP contribution is -1.99. The molecule has 0 atom stereocenters. The summed E-state index contributed by atoms with van der Waals surface area (Å²) in [4.78, 5) is 18.6. The number of aromatic hydroxyl groups is 1. The normalized spacial score (nSPS) is 11.4. The molecule has 0 unspecified atom stereocenters. The van der Waals surface area contributed by atoms with Gasteiger partial charge in [0.05, 0.1) is 10.6 Å². The van der Waals surface area contributed by atoms with Crippen LogP contribution in [0.5, 0.6) is 5.75 Å². The molecule has 0 aliphatic carbocycles. The molecule has 6 heteroatoms. The van der Waals surface area contributed by atoms with Crippen molar-refractivity contribution in [2.75, 3.05) is 5.73 Å². The molecule has 0 spiro atoms. The van der Waals surface area contributed by atoms with Gasteiger partial charge in [0.1, 0.15) is 16.2 Å². The van der Waals surface area contributed by atoms with Gasteiger partial charge in [0.2, 0.25) is 0 Å². The summed E-state index contributed by atoms with van der Waals surface area (Å²) >= 11 is 1.44. The first-order valence-corrected chi connectivity index (χ1v) is 10.3. The standard InChI is InChI=1S/C24H18N2O3S/c1-12-8-13(2)26-24-21(12)22(25)23(30-24)17-11-20(28)29-19-10-15(18(27)9-16(17)19)14-6-4-3-5-7-14/h3-11,27H,25H2,1-2H3. The lowest BCUT2D eigenvalue weighted by Gasteiger charge is -2.09. The third-order valence-corrected chi connectivity index (χ3v) is 6.35. The topological polar surface area (TPSA) is 89.4 Å². The summed E-state index contributed by atoms with van der Waals surface area (Å²) < 4.78 is 5.48. The number of pyridine rings is 1. The van der Waals surface area contributed by atoms with E-state index in [9.17, 15) is 9.90 Å². The Morgan fingerprint density at radius 3 is 2.57 bits per heavy atom. The quantitative estimate of drug-likeness (QED) is 0.365. The van der Waals surface area contributed by atoms with E-state index in [0.29, 0.717) is 27.8 Å². The van der Waals surface area contributed by atoms with E-state index in [1.54, 1.807) is 12.1 Å². The average Bonchev–Trinajstić information content (AvgIpc) is 3.04. The first kappa shape index (κ1) is 18.4. The zero-order chi connectivity index (χ0) is 21.0. The predicted molar refractivity (Wildman–Crippen MR) is 122 cm³/mol. The Morgan fingerprint density at radius 2 is 1.80 bits per heavy atom. The molecule has 0 saturated carbocycles. The third-order valence-electron chi connectivity index (χ3n) is 5.21. The van der Waals surface area contributed by atoms with Crippen LogP contribution in [0.2, 0.25) is 0 Å². The van der Waals surface area contributed by atoms with Crippen LogP contribution in [0.3, 0.4) is 0 Å². The van der Waals surface area contributed by atoms with E-state index >= 15 is 0 Å². The SMILES string of the molecule is Cc1cc(C)c2c(N)c(-c3cc(=O)oc4cc(-c5ccccc5)c(O)cc34)sc2n1. The molecule has 3 aromatic heterocycles. The molecule has 5 nitrogen and oxygen atoms in total. The van der Waals surface area contributed by atoms with Gasteiger partial charge in [0.25, 0.3) is 0 Å². The molecule has 0 saturated heterocycles. The molecule has 148 valence electrons. The van der Waals surface area contributed by atoms with Gasteiger partial charge in [-0.2, -0.15) is 0 Å². The van der Waals surface area contributed by atoms with Gasteiger partial charge in [0.15, 0.2) is 0 Å². The Hall–Kier alpha value is -3.64. The fraction of sp³-hybridized carbons (Fsp3) is 0.0833. The molecule has 0 bridgehead atoms. The summed E-state index contributed by atoms with van der Waals surface area (Å²) in [7, 11) is 0. The van der Waals surface area contributed by atoms with Crippen molar-refractivity contribution in [3.8, 4) is 27.3 Å². The lowest BCUT2D eigenvalue weighted by atomic mass is 10.00. The largest absolute Gasteiger partial charge is 0.507 e. The zero-order valence-corrected chi connectivity index (χ0v) is 17.2. The summed E-state index contributed by atoms with van der Waals surface area (Å²) in [5.41, 5.74) is 11.0. The van der Waals surface area contributed by atoms with Crippen molar-refractivity contribution in [1.29, 1.82) is 0 Å². The number of phenolic OH excluding ortho intramolecular Hbond substituents is 1. The Kier molecular flexibility index (Phi) is 4.11. The maximum atomic E-state index is 12.4. The molecule has 0 amide bonds. The molecule has 0 fully saturated rings. The molecule has 2 aromatic carbocycles. The van der Waals surface area contributed by atoms with Gasteiger partial charge in [-0.3, -0.25) is 0 Å². The van der Waals surface area contributed by atoms with Crippen LogP contribution in [-0.4, -0.2) is 10.1 Å². The van der Waals surface area contributed by atoms with Gasteiger partial charge >= 0.3 is 5.63 Å². The van der Waals surface area contributed by atoms with Crippen LogP contribution in [0.25, 0.3) is 42.8 Å². The first-order valence-electron chi connectivity index (χ1n) is 9.45. The smallest absolute Gasteiger partial charge is 0.336 e. The highest BCUT2D eigenvalue weighted by atomic mass is 32.1.